The van der Waals surface area contributed by atoms with Crippen LogP contribution in [0.1, 0.15) is 51.9 Å². The first-order valence-electron chi connectivity index (χ1n) is 8.85. The fraction of sp³-hybridized carbons (Fsp3) is 0.800. The Morgan fingerprint density at radius 2 is 0.871 bits per heavy atom. The van der Waals surface area contributed by atoms with E-state index in [0.29, 0.717) is 12.8 Å². The number of rotatable bonds is 11. The lowest BCUT2D eigenvalue weighted by atomic mass is 10.1. The molecule has 0 heterocycles. The van der Waals surface area contributed by atoms with Crippen molar-refractivity contribution < 1.29 is 67.2 Å². The molecule has 0 aromatic heterocycles. The first-order valence-corrected chi connectivity index (χ1v) is 10.8. The molecule has 16 heteroatoms. The molecule has 31 heavy (non-hydrogen) atoms. The minimum Gasteiger partial charge on any atom is -0.448 e. The van der Waals surface area contributed by atoms with Gasteiger partial charge in [-0.3, -0.25) is 0 Å². The number of hydrogen-bond acceptors (Lipinski definition) is 6. The Bertz CT molecular complexity index is 546. The summed E-state index contributed by atoms with van der Waals surface area (Å²) in [6.07, 6.45) is -14.6. The van der Waals surface area contributed by atoms with Crippen LogP contribution in [0.25, 0.3) is 0 Å². The second kappa shape index (κ2) is 11.6. The Kier molecular flexibility index (Phi) is 10.8. The van der Waals surface area contributed by atoms with Crippen LogP contribution in [0, 0.1) is 0 Å². The van der Waals surface area contributed by atoms with Crippen LogP contribution in [-0.2, 0) is 27.7 Å². The van der Waals surface area contributed by atoms with Crippen molar-refractivity contribution in [2.75, 3.05) is 0 Å². The van der Waals surface area contributed by atoms with Crippen LogP contribution in [0.3, 0.4) is 0 Å². The maximum atomic E-state index is 12.5. The largest absolute Gasteiger partial charge is 0.705 e. The van der Waals surface area contributed by atoms with Crippen LogP contribution in [-0.4, -0.2) is 45.2 Å². The van der Waals surface area contributed by atoms with E-state index >= 15 is 0 Å². The molecule has 0 aromatic rings. The quantitative estimate of drug-likeness (QED) is 0.229. The van der Waals surface area contributed by atoms with Crippen molar-refractivity contribution in [1.29, 1.82) is 0 Å². The van der Waals surface area contributed by atoms with Crippen molar-refractivity contribution in [2.24, 2.45) is 0 Å². The third-order valence-corrected chi connectivity index (χ3v) is 5.98. The van der Waals surface area contributed by atoms with Gasteiger partial charge in [0, 0.05) is 0 Å². The minimum absolute atomic E-state index is 0.0508. The van der Waals surface area contributed by atoms with Crippen LogP contribution < -0.4 is 0 Å². The number of alkyl halides is 9. The molecule has 0 aliphatic rings. The summed E-state index contributed by atoms with van der Waals surface area (Å²) in [6.45, 7) is 1.90. The third-order valence-electron chi connectivity index (χ3n) is 3.53. The van der Waals surface area contributed by atoms with Gasteiger partial charge in [0.2, 0.25) is 0 Å². The maximum absolute atomic E-state index is 12.5. The highest BCUT2D eigenvalue weighted by atomic mass is 28.4. The molecule has 0 radical (unpaired) electrons. The molecule has 0 fully saturated rings. The highest BCUT2D eigenvalue weighted by Crippen LogP contribution is 2.31. The lowest BCUT2D eigenvalue weighted by Gasteiger charge is -2.28. The van der Waals surface area contributed by atoms with Gasteiger partial charge in [-0.2, -0.15) is 39.5 Å². The molecule has 0 spiro atoms. The van der Waals surface area contributed by atoms with Crippen LogP contribution in [0.5, 0.6) is 0 Å². The number of carbonyl (C=O) groups is 3. The van der Waals surface area contributed by atoms with Gasteiger partial charge in [0.1, 0.15) is 0 Å². The summed E-state index contributed by atoms with van der Waals surface area (Å²) in [7, 11) is -6.10. The lowest BCUT2D eigenvalue weighted by molar-refractivity contribution is -0.209. The van der Waals surface area contributed by atoms with Crippen LogP contribution in [0.15, 0.2) is 0 Å². The minimum atomic E-state index is -6.10. The van der Waals surface area contributed by atoms with Crippen molar-refractivity contribution in [3.63, 3.8) is 0 Å². The summed E-state index contributed by atoms with van der Waals surface area (Å²) in [5, 5.41) is 0. The van der Waals surface area contributed by atoms with E-state index in [9.17, 15) is 53.9 Å². The highest BCUT2D eigenvalue weighted by Gasteiger charge is 2.62. The summed E-state index contributed by atoms with van der Waals surface area (Å²) in [4.78, 5) is 33.3. The van der Waals surface area contributed by atoms with Gasteiger partial charge in [-0.05, 0) is 6.42 Å². The molecular weight excluding hydrogens is 475 g/mol. The van der Waals surface area contributed by atoms with Crippen molar-refractivity contribution in [2.45, 2.75) is 76.4 Å². The molecule has 0 unspecified atom stereocenters. The monoisotopic (exact) mass is 494 g/mol. The van der Waals surface area contributed by atoms with Gasteiger partial charge in [-0.15, -0.1) is 0 Å². The molecule has 0 aliphatic carbocycles. The van der Waals surface area contributed by atoms with Crippen LogP contribution in [0.4, 0.5) is 39.5 Å². The van der Waals surface area contributed by atoms with E-state index in [2.05, 4.69) is 13.3 Å². The highest BCUT2D eigenvalue weighted by molar-refractivity contribution is 6.65. The molecular formula is C15H19F9O6Si. The summed E-state index contributed by atoms with van der Waals surface area (Å²) in [5.74, 6) is -9.81. The number of carbonyl (C=O) groups excluding carboxylic acids is 3. The van der Waals surface area contributed by atoms with Crippen molar-refractivity contribution >= 4 is 26.7 Å². The Morgan fingerprint density at radius 3 is 1.16 bits per heavy atom. The molecule has 0 aliphatic heterocycles. The summed E-state index contributed by atoms with van der Waals surface area (Å²) >= 11 is 0. The second-order valence-corrected chi connectivity index (χ2v) is 8.69. The smallest absolute Gasteiger partial charge is 0.448 e. The molecule has 0 amide bonds. The summed E-state index contributed by atoms with van der Waals surface area (Å²) in [5.41, 5.74) is 0. The van der Waals surface area contributed by atoms with Crippen molar-refractivity contribution in [3.8, 4) is 0 Å². The molecule has 0 saturated heterocycles. The molecule has 0 N–H and O–H groups in total. The summed E-state index contributed by atoms with van der Waals surface area (Å²) in [6, 6.07) is -1.26. The zero-order chi connectivity index (χ0) is 24.5. The average Bonchev–Trinajstić information content (AvgIpc) is 2.58. The second-order valence-electron chi connectivity index (χ2n) is 6.22. The van der Waals surface area contributed by atoms with E-state index in [-0.39, 0.29) is 6.42 Å². The molecule has 0 rings (SSSR count). The first kappa shape index (κ1) is 29.0. The van der Waals surface area contributed by atoms with Crippen LogP contribution in [0.2, 0.25) is 6.04 Å². The van der Waals surface area contributed by atoms with E-state index in [0.717, 1.165) is 19.3 Å². The Labute approximate surface area is 171 Å². The lowest BCUT2D eigenvalue weighted by Crippen LogP contribution is -2.55. The van der Waals surface area contributed by atoms with Gasteiger partial charge >= 0.3 is 45.2 Å². The fourth-order valence-corrected chi connectivity index (χ4v) is 4.42. The number of hydrogen-bond donors (Lipinski definition) is 0. The third kappa shape index (κ3) is 11.3. The fourth-order valence-electron chi connectivity index (χ4n) is 2.11. The van der Waals surface area contributed by atoms with Gasteiger partial charge in [-0.1, -0.05) is 45.4 Å². The molecule has 0 bridgehead atoms. The topological polar surface area (TPSA) is 78.9 Å². The zero-order valence-electron chi connectivity index (χ0n) is 16.0. The predicted molar refractivity (Wildman–Crippen MR) is 85.0 cm³/mol. The molecule has 0 aromatic carbocycles. The van der Waals surface area contributed by atoms with Gasteiger partial charge in [0.25, 0.3) is 0 Å². The predicted octanol–water partition coefficient (Wildman–Crippen LogP) is 4.99. The Morgan fingerprint density at radius 1 is 0.581 bits per heavy atom. The van der Waals surface area contributed by atoms with E-state index < -0.39 is 57.7 Å². The first-order chi connectivity index (χ1) is 13.9. The molecule has 0 saturated carbocycles. The normalized spacial score (nSPS) is 13.0. The van der Waals surface area contributed by atoms with Crippen molar-refractivity contribution in [3.05, 3.63) is 0 Å². The van der Waals surface area contributed by atoms with Gasteiger partial charge < -0.3 is 13.3 Å². The maximum Gasteiger partial charge on any atom is 0.705 e. The van der Waals surface area contributed by atoms with Gasteiger partial charge in [-0.25, -0.2) is 14.4 Å². The van der Waals surface area contributed by atoms with Gasteiger partial charge in [0.15, 0.2) is 0 Å². The SMILES string of the molecule is CCCCCCCCC[Si](OC(=O)C(F)(F)F)(OC(=O)C(F)(F)F)OC(=O)C(F)(F)F. The molecule has 6 nitrogen and oxygen atoms in total. The Balaban J connectivity index is 5.73. The van der Waals surface area contributed by atoms with Gasteiger partial charge in [0.05, 0.1) is 6.04 Å². The molecule has 0 atom stereocenters. The van der Waals surface area contributed by atoms with E-state index in [1.165, 1.54) is 0 Å². The Hall–Kier alpha value is -2.00. The zero-order valence-corrected chi connectivity index (χ0v) is 17.0. The van der Waals surface area contributed by atoms with E-state index in [1.54, 1.807) is 0 Å². The standard InChI is InChI=1S/C15H19F9O6Si/c1-2-3-4-5-6-7-8-9-31(28-10(25)13(16,17)18,29-11(26)14(19,20)21)30-12(27)15(22,23)24/h2-9H2,1H3. The van der Waals surface area contributed by atoms with E-state index in [1.807, 2.05) is 6.92 Å². The average molecular weight is 494 g/mol. The number of unbranched alkanes of at least 4 members (excludes halogenated alkanes) is 6. The van der Waals surface area contributed by atoms with E-state index in [4.69, 9.17) is 0 Å². The van der Waals surface area contributed by atoms with Crippen LogP contribution >= 0.6 is 0 Å². The summed E-state index contributed by atoms with van der Waals surface area (Å²) < 4.78 is 124. The van der Waals surface area contributed by atoms with Crippen molar-refractivity contribution in [1.82, 2.24) is 0 Å². The molecule has 182 valence electrons. The number of halogens is 9.